The van der Waals surface area contributed by atoms with E-state index in [2.05, 4.69) is 0 Å². The van der Waals surface area contributed by atoms with Crippen molar-refractivity contribution >= 4 is 12.4 Å². The summed E-state index contributed by atoms with van der Waals surface area (Å²) in [4.78, 5) is 0. The molecule has 0 fully saturated rings. The van der Waals surface area contributed by atoms with Gasteiger partial charge in [-0.3, -0.25) is 0 Å². The molecule has 1 rings (SSSR count). The third-order valence-corrected chi connectivity index (χ3v) is 2.21. The molecule has 0 aliphatic carbocycles. The van der Waals surface area contributed by atoms with Gasteiger partial charge in [-0.25, -0.2) is 0 Å². The standard InChI is InChI=1S/C12H17BF3O2.K/c1-10(2)9-17-7-8-18-12-5-3-11(4-6-12)13(14,15)16;/h3-6,10H,7-9H2,1-2H3;/q-1;+1. The van der Waals surface area contributed by atoms with Crippen LogP contribution in [0.15, 0.2) is 24.3 Å². The van der Waals surface area contributed by atoms with E-state index in [1.165, 1.54) is 12.1 Å². The molecule has 1 aromatic carbocycles. The van der Waals surface area contributed by atoms with E-state index in [9.17, 15) is 12.9 Å². The van der Waals surface area contributed by atoms with Crippen LogP contribution in [0.25, 0.3) is 0 Å². The van der Waals surface area contributed by atoms with E-state index in [4.69, 9.17) is 9.47 Å². The van der Waals surface area contributed by atoms with Gasteiger partial charge in [-0.2, -0.15) is 0 Å². The third kappa shape index (κ3) is 8.37. The van der Waals surface area contributed by atoms with Gasteiger partial charge in [0.2, 0.25) is 0 Å². The Morgan fingerprint density at radius 1 is 1.05 bits per heavy atom. The van der Waals surface area contributed by atoms with E-state index >= 15 is 0 Å². The third-order valence-electron chi connectivity index (χ3n) is 2.21. The molecule has 0 aliphatic rings. The maximum absolute atomic E-state index is 12.3. The van der Waals surface area contributed by atoms with Crippen molar-refractivity contribution in [2.45, 2.75) is 13.8 Å². The molecule has 0 amide bonds. The minimum absolute atomic E-state index is 0. The molecule has 1 aromatic rings. The molecule has 102 valence electrons. The molecule has 0 saturated heterocycles. The average Bonchev–Trinajstić information content (AvgIpc) is 2.27. The minimum atomic E-state index is -4.93. The molecule has 0 aromatic heterocycles. The van der Waals surface area contributed by atoms with Crippen LogP contribution < -0.4 is 61.6 Å². The van der Waals surface area contributed by atoms with Gasteiger partial charge in [0.1, 0.15) is 12.4 Å². The molecule has 2 nitrogen and oxygen atoms in total. The van der Waals surface area contributed by atoms with Crippen LogP contribution in [0.2, 0.25) is 0 Å². The Balaban J connectivity index is 0.00000324. The van der Waals surface area contributed by atoms with E-state index in [1.54, 1.807) is 0 Å². The summed E-state index contributed by atoms with van der Waals surface area (Å²) in [5.74, 6) is 0.880. The largest absolute Gasteiger partial charge is 1.00 e. The Kier molecular flexibility index (Phi) is 9.65. The van der Waals surface area contributed by atoms with Crippen molar-refractivity contribution < 1.29 is 73.8 Å². The second-order valence-electron chi connectivity index (χ2n) is 4.46. The topological polar surface area (TPSA) is 18.5 Å². The number of hydrogen-bond donors (Lipinski definition) is 0. The summed E-state index contributed by atoms with van der Waals surface area (Å²) >= 11 is 0. The Morgan fingerprint density at radius 2 is 1.63 bits per heavy atom. The fourth-order valence-corrected chi connectivity index (χ4v) is 1.32. The summed E-state index contributed by atoms with van der Waals surface area (Å²) in [6, 6.07) is 4.72. The number of halogens is 3. The first-order valence-electron chi connectivity index (χ1n) is 5.90. The number of hydrogen-bond acceptors (Lipinski definition) is 2. The van der Waals surface area contributed by atoms with Crippen molar-refractivity contribution in [3.05, 3.63) is 24.3 Å². The van der Waals surface area contributed by atoms with Crippen molar-refractivity contribution in [2.24, 2.45) is 5.92 Å². The Labute approximate surface area is 154 Å². The quantitative estimate of drug-likeness (QED) is 0.513. The maximum Gasteiger partial charge on any atom is 1.00 e. The van der Waals surface area contributed by atoms with Crippen molar-refractivity contribution in [3.63, 3.8) is 0 Å². The van der Waals surface area contributed by atoms with Crippen molar-refractivity contribution in [3.8, 4) is 5.75 Å². The SMILES string of the molecule is CC(C)COCCOc1ccc([B-](F)(F)F)cc1.[K+]. The minimum Gasteiger partial charge on any atom is -0.491 e. The molecular formula is C12H17BF3KO2. The van der Waals surface area contributed by atoms with Crippen molar-refractivity contribution in [1.29, 1.82) is 0 Å². The molecule has 19 heavy (non-hydrogen) atoms. The van der Waals surface area contributed by atoms with Crippen LogP contribution in [0.1, 0.15) is 13.8 Å². The Bertz CT molecular complexity index is 355. The van der Waals surface area contributed by atoms with Crippen LogP contribution >= 0.6 is 0 Å². The van der Waals surface area contributed by atoms with Gasteiger partial charge in [0.25, 0.3) is 0 Å². The van der Waals surface area contributed by atoms with Crippen LogP contribution in [0.3, 0.4) is 0 Å². The van der Waals surface area contributed by atoms with Gasteiger partial charge in [0.15, 0.2) is 0 Å². The molecule has 0 atom stereocenters. The van der Waals surface area contributed by atoms with E-state index in [-0.39, 0.29) is 51.4 Å². The van der Waals surface area contributed by atoms with Crippen LogP contribution in [-0.2, 0) is 4.74 Å². The van der Waals surface area contributed by atoms with Crippen LogP contribution in [-0.4, -0.2) is 26.8 Å². The first-order chi connectivity index (χ1) is 8.39. The summed E-state index contributed by atoms with van der Waals surface area (Å²) in [5, 5.41) is 0. The van der Waals surface area contributed by atoms with E-state index in [0.717, 1.165) is 12.1 Å². The van der Waals surface area contributed by atoms with Gasteiger partial charge < -0.3 is 22.4 Å². The molecule has 0 N–H and O–H groups in total. The van der Waals surface area contributed by atoms with E-state index in [1.807, 2.05) is 13.8 Å². The molecule has 0 unspecified atom stereocenters. The summed E-state index contributed by atoms with van der Waals surface area (Å²) in [6.07, 6.45) is 0. The van der Waals surface area contributed by atoms with Gasteiger partial charge in [0, 0.05) is 6.61 Å². The second-order valence-corrected chi connectivity index (χ2v) is 4.46. The van der Waals surface area contributed by atoms with E-state index < -0.39 is 12.4 Å². The first kappa shape index (κ1) is 19.5. The molecule has 0 spiro atoms. The van der Waals surface area contributed by atoms with Crippen molar-refractivity contribution in [2.75, 3.05) is 19.8 Å². The Morgan fingerprint density at radius 3 is 2.11 bits per heavy atom. The first-order valence-corrected chi connectivity index (χ1v) is 5.90. The fourth-order valence-electron chi connectivity index (χ4n) is 1.32. The molecule has 0 saturated carbocycles. The maximum atomic E-state index is 12.3. The molecular weight excluding hydrogens is 283 g/mol. The number of ether oxygens (including phenoxy) is 2. The molecule has 0 bridgehead atoms. The summed E-state index contributed by atoms with van der Waals surface area (Å²) < 4.78 is 47.6. The zero-order chi connectivity index (χ0) is 13.6. The van der Waals surface area contributed by atoms with Crippen LogP contribution in [0.4, 0.5) is 12.9 Å². The molecule has 0 heterocycles. The number of rotatable bonds is 7. The van der Waals surface area contributed by atoms with Gasteiger partial charge in [-0.05, 0) is 18.1 Å². The normalized spacial score (nSPS) is 11.3. The second kappa shape index (κ2) is 9.42. The zero-order valence-electron chi connectivity index (χ0n) is 11.5. The van der Waals surface area contributed by atoms with Crippen LogP contribution in [0.5, 0.6) is 5.75 Å². The molecule has 0 aliphatic heterocycles. The smallest absolute Gasteiger partial charge is 0.491 e. The monoisotopic (exact) mass is 300 g/mol. The summed E-state index contributed by atoms with van der Waals surface area (Å²) in [5.41, 5.74) is -0.613. The molecule has 7 heteroatoms. The van der Waals surface area contributed by atoms with Gasteiger partial charge in [-0.1, -0.05) is 26.0 Å². The zero-order valence-corrected chi connectivity index (χ0v) is 14.7. The Hall–Kier alpha value is 0.471. The predicted molar refractivity (Wildman–Crippen MR) is 66.3 cm³/mol. The van der Waals surface area contributed by atoms with E-state index in [0.29, 0.717) is 31.5 Å². The van der Waals surface area contributed by atoms with Gasteiger partial charge in [0.05, 0.1) is 6.61 Å². The summed E-state index contributed by atoms with van der Waals surface area (Å²) in [7, 11) is 0. The van der Waals surface area contributed by atoms with Crippen molar-refractivity contribution in [1.82, 2.24) is 0 Å². The molecule has 0 radical (unpaired) electrons. The van der Waals surface area contributed by atoms with Gasteiger partial charge >= 0.3 is 58.4 Å². The van der Waals surface area contributed by atoms with Gasteiger partial charge in [-0.15, -0.1) is 5.46 Å². The summed E-state index contributed by atoms with van der Waals surface area (Å²) in [6.45, 7) is 0.572. The number of benzene rings is 1. The fraction of sp³-hybridized carbons (Fsp3) is 0.500. The van der Waals surface area contributed by atoms with Crippen LogP contribution in [0, 0.1) is 5.92 Å². The predicted octanol–water partition coefficient (Wildman–Crippen LogP) is -0.204. The average molecular weight is 300 g/mol.